The number of hydrogen-bond donors (Lipinski definition) is 1. The molecule has 2 aromatic heterocycles. The van der Waals surface area contributed by atoms with E-state index in [9.17, 15) is 0 Å². The summed E-state index contributed by atoms with van der Waals surface area (Å²) < 4.78 is 13.9. The first-order valence-electron chi connectivity index (χ1n) is 5.90. The predicted molar refractivity (Wildman–Crippen MR) is 70.1 cm³/mol. The molecule has 3 heterocycles. The summed E-state index contributed by atoms with van der Waals surface area (Å²) in [6.45, 7) is 2.06. The van der Waals surface area contributed by atoms with Gasteiger partial charge in [0.25, 0.3) is 0 Å². The lowest BCUT2D eigenvalue weighted by atomic mass is 10.0. The monoisotopic (exact) mass is 265 g/mol. The lowest BCUT2D eigenvalue weighted by molar-refractivity contribution is -0.0290. The summed E-state index contributed by atoms with van der Waals surface area (Å²) in [6, 6.07) is 1.96. The number of nitrogens with zero attached hydrogens (tertiary/aromatic N) is 2. The number of methoxy groups -OCH3 is 1. The Balaban J connectivity index is 2.04. The van der Waals surface area contributed by atoms with Gasteiger partial charge in [-0.2, -0.15) is 0 Å². The molecule has 0 aliphatic carbocycles. The summed E-state index contributed by atoms with van der Waals surface area (Å²) in [5.41, 5.74) is 1.74. The van der Waals surface area contributed by atoms with Crippen LogP contribution in [0.5, 0.6) is 0 Å². The Morgan fingerprint density at radius 1 is 1.67 bits per heavy atom. The van der Waals surface area contributed by atoms with Gasteiger partial charge in [-0.3, -0.25) is 4.98 Å². The van der Waals surface area contributed by atoms with Gasteiger partial charge in [-0.25, -0.2) is 0 Å². The molecule has 1 saturated heterocycles. The molecule has 5 nitrogen and oxygen atoms in total. The van der Waals surface area contributed by atoms with Crippen LogP contribution in [0, 0.1) is 4.77 Å². The first kappa shape index (κ1) is 11.8. The first-order chi connectivity index (χ1) is 8.74. The topological polar surface area (TPSA) is 52.1 Å². The normalized spacial score (nSPS) is 23.8. The fraction of sp³-hybridized carbons (Fsp3) is 0.500. The average Bonchev–Trinajstić information content (AvgIpc) is 2.97. The van der Waals surface area contributed by atoms with Crippen molar-refractivity contribution < 1.29 is 9.47 Å². The fourth-order valence-electron chi connectivity index (χ4n) is 2.39. The summed E-state index contributed by atoms with van der Waals surface area (Å²) in [7, 11) is 1.73. The van der Waals surface area contributed by atoms with E-state index in [-0.39, 0.29) is 5.60 Å². The number of pyridine rings is 1. The van der Waals surface area contributed by atoms with E-state index in [0.29, 0.717) is 17.9 Å². The average molecular weight is 265 g/mol. The highest BCUT2D eigenvalue weighted by Crippen LogP contribution is 2.26. The molecule has 0 amide bonds. The molecule has 96 valence electrons. The molecule has 18 heavy (non-hydrogen) atoms. The van der Waals surface area contributed by atoms with Gasteiger partial charge in [0.15, 0.2) is 4.77 Å². The van der Waals surface area contributed by atoms with Crippen LogP contribution in [0.1, 0.15) is 6.42 Å². The second-order valence-electron chi connectivity index (χ2n) is 4.60. The van der Waals surface area contributed by atoms with E-state index >= 15 is 0 Å². The molecule has 3 rings (SSSR count). The van der Waals surface area contributed by atoms with Crippen molar-refractivity contribution in [2.45, 2.75) is 18.6 Å². The third-order valence-electron chi connectivity index (χ3n) is 3.52. The van der Waals surface area contributed by atoms with Crippen molar-refractivity contribution in [3.8, 4) is 0 Å². The van der Waals surface area contributed by atoms with Gasteiger partial charge in [-0.1, -0.05) is 0 Å². The molecule has 0 bridgehead atoms. The minimum Gasteiger partial charge on any atom is -0.378 e. The Labute approximate surface area is 110 Å². The number of rotatable bonds is 3. The van der Waals surface area contributed by atoms with Crippen LogP contribution in [0.25, 0.3) is 11.0 Å². The molecular weight excluding hydrogens is 250 g/mol. The van der Waals surface area contributed by atoms with Gasteiger partial charge >= 0.3 is 0 Å². The van der Waals surface area contributed by atoms with Gasteiger partial charge in [-0.15, -0.1) is 0 Å². The van der Waals surface area contributed by atoms with E-state index in [1.165, 1.54) is 0 Å². The number of nitrogens with one attached hydrogen (secondary N) is 1. The van der Waals surface area contributed by atoms with Crippen LogP contribution < -0.4 is 0 Å². The SMILES string of the molecule is COC1(Cn2c(=S)[nH]c3cnccc32)CCOC1. The van der Waals surface area contributed by atoms with Crippen LogP contribution in [0.4, 0.5) is 0 Å². The first-order valence-corrected chi connectivity index (χ1v) is 6.30. The quantitative estimate of drug-likeness (QED) is 0.861. The number of aromatic nitrogens is 3. The van der Waals surface area contributed by atoms with Crippen LogP contribution >= 0.6 is 12.2 Å². The Morgan fingerprint density at radius 2 is 2.56 bits per heavy atom. The van der Waals surface area contributed by atoms with Gasteiger partial charge in [-0.05, 0) is 18.3 Å². The van der Waals surface area contributed by atoms with Gasteiger partial charge in [0.2, 0.25) is 0 Å². The standard InChI is InChI=1S/C12H15N3O2S/c1-16-12(3-5-17-8-12)7-15-10-2-4-13-6-9(10)14-11(15)18/h2,4,6H,3,5,7-8H2,1H3,(H,14,18). The Kier molecular flexibility index (Phi) is 2.93. The van der Waals surface area contributed by atoms with Crippen molar-refractivity contribution in [3.05, 3.63) is 23.2 Å². The van der Waals surface area contributed by atoms with Gasteiger partial charge in [0.1, 0.15) is 5.60 Å². The molecule has 0 saturated carbocycles. The van der Waals surface area contributed by atoms with E-state index in [1.54, 1.807) is 19.5 Å². The number of aromatic amines is 1. The van der Waals surface area contributed by atoms with Crippen LogP contribution in [-0.2, 0) is 16.0 Å². The van der Waals surface area contributed by atoms with Crippen molar-refractivity contribution in [1.82, 2.24) is 14.5 Å². The number of H-pyrrole nitrogens is 1. The molecule has 0 spiro atoms. The van der Waals surface area contributed by atoms with Crippen molar-refractivity contribution in [3.63, 3.8) is 0 Å². The van der Waals surface area contributed by atoms with Gasteiger partial charge < -0.3 is 19.0 Å². The van der Waals surface area contributed by atoms with Gasteiger partial charge in [0.05, 0.1) is 30.4 Å². The molecule has 1 aliphatic heterocycles. The van der Waals surface area contributed by atoms with E-state index in [2.05, 4.69) is 14.5 Å². The van der Waals surface area contributed by atoms with Gasteiger partial charge in [0, 0.05) is 26.3 Å². The zero-order valence-electron chi connectivity index (χ0n) is 10.2. The minimum atomic E-state index is -0.267. The number of imidazole rings is 1. The fourth-order valence-corrected chi connectivity index (χ4v) is 2.67. The summed E-state index contributed by atoms with van der Waals surface area (Å²) in [4.78, 5) is 7.25. The van der Waals surface area contributed by atoms with E-state index in [1.807, 2.05) is 6.07 Å². The van der Waals surface area contributed by atoms with E-state index < -0.39 is 0 Å². The second kappa shape index (κ2) is 4.46. The van der Waals surface area contributed by atoms with Crippen LogP contribution in [-0.4, -0.2) is 40.5 Å². The summed E-state index contributed by atoms with van der Waals surface area (Å²) in [6.07, 6.45) is 4.45. The molecule has 0 radical (unpaired) electrons. The summed E-state index contributed by atoms with van der Waals surface area (Å²) >= 11 is 5.37. The zero-order valence-corrected chi connectivity index (χ0v) is 11.0. The van der Waals surface area contributed by atoms with Crippen LogP contribution in [0.2, 0.25) is 0 Å². The molecule has 1 N–H and O–H groups in total. The number of ether oxygens (including phenoxy) is 2. The third-order valence-corrected chi connectivity index (χ3v) is 3.84. The van der Waals surface area contributed by atoms with Crippen molar-refractivity contribution in [1.29, 1.82) is 0 Å². The second-order valence-corrected chi connectivity index (χ2v) is 4.99. The molecule has 1 atom stereocenters. The third kappa shape index (κ3) is 1.86. The molecule has 1 aliphatic rings. The van der Waals surface area contributed by atoms with Crippen molar-refractivity contribution in [2.75, 3.05) is 20.3 Å². The molecule has 2 aromatic rings. The number of fused-ring (bicyclic) bond motifs is 1. The highest BCUT2D eigenvalue weighted by atomic mass is 32.1. The summed E-state index contributed by atoms with van der Waals surface area (Å²) in [5.74, 6) is 0. The molecule has 1 fully saturated rings. The smallest absolute Gasteiger partial charge is 0.178 e. The van der Waals surface area contributed by atoms with E-state index in [4.69, 9.17) is 21.7 Å². The zero-order chi connectivity index (χ0) is 12.6. The summed E-state index contributed by atoms with van der Waals surface area (Å²) in [5, 5.41) is 0. The highest BCUT2D eigenvalue weighted by molar-refractivity contribution is 7.71. The predicted octanol–water partition coefficient (Wildman–Crippen LogP) is 1.90. The molecule has 6 heteroatoms. The number of hydrogen-bond acceptors (Lipinski definition) is 4. The highest BCUT2D eigenvalue weighted by Gasteiger charge is 2.35. The Hall–Kier alpha value is -1.24. The van der Waals surface area contributed by atoms with Crippen LogP contribution in [0.15, 0.2) is 18.5 Å². The Morgan fingerprint density at radius 3 is 3.28 bits per heavy atom. The maximum Gasteiger partial charge on any atom is 0.178 e. The largest absolute Gasteiger partial charge is 0.378 e. The molecule has 1 unspecified atom stereocenters. The maximum atomic E-state index is 5.65. The van der Waals surface area contributed by atoms with Crippen molar-refractivity contribution in [2.24, 2.45) is 0 Å². The van der Waals surface area contributed by atoms with Crippen LogP contribution in [0.3, 0.4) is 0 Å². The molecule has 0 aromatic carbocycles. The Bertz CT molecular complexity index is 613. The van der Waals surface area contributed by atoms with Crippen molar-refractivity contribution >= 4 is 23.3 Å². The maximum absolute atomic E-state index is 5.65. The molecular formula is C12H15N3O2S. The minimum absolute atomic E-state index is 0.267. The lowest BCUT2D eigenvalue weighted by Gasteiger charge is -2.26. The van der Waals surface area contributed by atoms with E-state index in [0.717, 1.165) is 24.1 Å². The lowest BCUT2D eigenvalue weighted by Crippen LogP contribution is -2.37.